The number of benzene rings is 3. The van der Waals surface area contributed by atoms with Crippen molar-refractivity contribution in [3.63, 3.8) is 0 Å². The van der Waals surface area contributed by atoms with Crippen LogP contribution < -0.4 is 20.5 Å². The molecule has 1 aliphatic heterocycles. The molecule has 6 nitrogen and oxygen atoms in total. The number of rotatable bonds is 5. The van der Waals surface area contributed by atoms with Crippen LogP contribution in [0.5, 0.6) is 11.5 Å². The van der Waals surface area contributed by atoms with E-state index in [1.54, 1.807) is 18.2 Å². The highest BCUT2D eigenvalue weighted by atomic mass is 16.7. The number of ether oxygens (including phenoxy) is 2. The zero-order valence-corrected chi connectivity index (χ0v) is 16.2. The van der Waals surface area contributed by atoms with E-state index in [0.29, 0.717) is 22.7 Å². The molecular formula is C24H20N2O4. The van der Waals surface area contributed by atoms with E-state index in [1.807, 2.05) is 48.5 Å². The molecule has 0 bridgehead atoms. The van der Waals surface area contributed by atoms with Crippen LogP contribution in [0.1, 0.15) is 28.8 Å². The average Bonchev–Trinajstić information content (AvgIpc) is 3.45. The third-order valence-electron chi connectivity index (χ3n) is 5.71. The third-order valence-corrected chi connectivity index (χ3v) is 5.71. The summed E-state index contributed by atoms with van der Waals surface area (Å²) in [6, 6.07) is 20.4. The number of fused-ring (bicyclic) bond motifs is 1. The Bertz CT molecular complexity index is 1170. The molecule has 1 aliphatic carbocycles. The number of hydrogen-bond donors (Lipinski definition) is 2. The summed E-state index contributed by atoms with van der Waals surface area (Å²) in [6.07, 6.45) is 1.58. The summed E-state index contributed by atoms with van der Waals surface area (Å²) in [7, 11) is 0. The fraction of sp³-hybridized carbons (Fsp3) is 0.167. The van der Waals surface area contributed by atoms with Gasteiger partial charge in [-0.15, -0.1) is 0 Å². The Morgan fingerprint density at radius 3 is 2.37 bits per heavy atom. The molecule has 1 fully saturated rings. The molecule has 2 aliphatic rings. The van der Waals surface area contributed by atoms with E-state index in [4.69, 9.17) is 15.2 Å². The SMILES string of the molecule is NC(=O)c1cccc(-c2cccc(NC(=O)C3(c4ccc5c(c4)OCO5)CC3)c2)c1. The van der Waals surface area contributed by atoms with Gasteiger partial charge >= 0.3 is 0 Å². The lowest BCUT2D eigenvalue weighted by Crippen LogP contribution is -2.27. The van der Waals surface area contributed by atoms with Gasteiger partial charge in [-0.3, -0.25) is 9.59 Å². The van der Waals surface area contributed by atoms with Crippen molar-refractivity contribution in [2.75, 3.05) is 12.1 Å². The third kappa shape index (κ3) is 3.16. The molecule has 30 heavy (non-hydrogen) atoms. The molecule has 3 aromatic carbocycles. The molecule has 5 rings (SSSR count). The van der Waals surface area contributed by atoms with Gasteiger partial charge in [-0.05, 0) is 65.9 Å². The molecule has 1 saturated carbocycles. The second-order valence-electron chi connectivity index (χ2n) is 7.63. The maximum absolute atomic E-state index is 13.1. The van der Waals surface area contributed by atoms with Crippen molar-refractivity contribution in [2.45, 2.75) is 18.3 Å². The molecule has 0 aromatic heterocycles. The van der Waals surface area contributed by atoms with Crippen LogP contribution in [0.2, 0.25) is 0 Å². The van der Waals surface area contributed by atoms with Crippen molar-refractivity contribution >= 4 is 17.5 Å². The second kappa shape index (κ2) is 6.91. The number of nitrogens with one attached hydrogen (secondary N) is 1. The average molecular weight is 400 g/mol. The van der Waals surface area contributed by atoms with Gasteiger partial charge < -0.3 is 20.5 Å². The van der Waals surface area contributed by atoms with Gasteiger partial charge in [0, 0.05) is 11.3 Å². The first-order chi connectivity index (χ1) is 14.5. The summed E-state index contributed by atoms with van der Waals surface area (Å²) in [5, 5.41) is 3.06. The second-order valence-corrected chi connectivity index (χ2v) is 7.63. The topological polar surface area (TPSA) is 90.7 Å². The van der Waals surface area contributed by atoms with Crippen LogP contribution in [0.25, 0.3) is 11.1 Å². The van der Waals surface area contributed by atoms with Crippen LogP contribution >= 0.6 is 0 Å². The largest absolute Gasteiger partial charge is 0.454 e. The van der Waals surface area contributed by atoms with Crippen LogP contribution in [0.3, 0.4) is 0 Å². The highest BCUT2D eigenvalue weighted by Gasteiger charge is 2.51. The predicted molar refractivity (Wildman–Crippen MR) is 113 cm³/mol. The molecule has 0 saturated heterocycles. The maximum atomic E-state index is 13.1. The summed E-state index contributed by atoms with van der Waals surface area (Å²) < 4.78 is 10.8. The van der Waals surface area contributed by atoms with Crippen LogP contribution in [-0.4, -0.2) is 18.6 Å². The van der Waals surface area contributed by atoms with Crippen molar-refractivity contribution in [3.05, 3.63) is 77.9 Å². The smallest absolute Gasteiger partial charge is 0.248 e. The molecule has 0 unspecified atom stereocenters. The molecule has 6 heteroatoms. The van der Waals surface area contributed by atoms with Crippen molar-refractivity contribution < 1.29 is 19.1 Å². The fourth-order valence-electron chi connectivity index (χ4n) is 3.85. The van der Waals surface area contributed by atoms with E-state index in [2.05, 4.69) is 5.32 Å². The van der Waals surface area contributed by atoms with E-state index in [1.165, 1.54) is 0 Å². The van der Waals surface area contributed by atoms with Gasteiger partial charge in [0.15, 0.2) is 11.5 Å². The molecule has 0 atom stereocenters. The fourth-order valence-corrected chi connectivity index (χ4v) is 3.85. The van der Waals surface area contributed by atoms with Crippen LogP contribution in [0.4, 0.5) is 5.69 Å². The van der Waals surface area contributed by atoms with E-state index in [9.17, 15) is 9.59 Å². The Morgan fingerprint density at radius 2 is 1.60 bits per heavy atom. The van der Waals surface area contributed by atoms with Crippen LogP contribution in [-0.2, 0) is 10.2 Å². The highest BCUT2D eigenvalue weighted by molar-refractivity contribution is 6.02. The van der Waals surface area contributed by atoms with Gasteiger partial charge in [0.2, 0.25) is 18.6 Å². The van der Waals surface area contributed by atoms with Crippen molar-refractivity contribution in [1.82, 2.24) is 0 Å². The van der Waals surface area contributed by atoms with Crippen molar-refractivity contribution in [2.24, 2.45) is 5.73 Å². The first kappa shape index (κ1) is 18.2. The van der Waals surface area contributed by atoms with Gasteiger partial charge in [0.05, 0.1) is 5.41 Å². The zero-order chi connectivity index (χ0) is 20.7. The Hall–Kier alpha value is -3.80. The molecule has 2 amide bonds. The Morgan fingerprint density at radius 1 is 0.867 bits per heavy atom. The lowest BCUT2D eigenvalue weighted by Gasteiger charge is -2.17. The number of primary amides is 1. The number of carbonyl (C=O) groups excluding carboxylic acids is 2. The van der Waals surface area contributed by atoms with Gasteiger partial charge in [0.25, 0.3) is 0 Å². The lowest BCUT2D eigenvalue weighted by atomic mass is 9.94. The summed E-state index contributed by atoms with van der Waals surface area (Å²) in [4.78, 5) is 24.6. The lowest BCUT2D eigenvalue weighted by molar-refractivity contribution is -0.118. The summed E-state index contributed by atoms with van der Waals surface area (Å²) in [5.74, 6) is 0.883. The predicted octanol–water partition coefficient (Wildman–Crippen LogP) is 3.85. The number of nitrogens with two attached hydrogens (primary N) is 1. The standard InChI is InChI=1S/C24H20N2O4/c25-22(27)17-5-1-3-15(11-17)16-4-2-6-19(12-16)26-23(28)24(9-10-24)18-7-8-20-21(13-18)30-14-29-20/h1-8,11-13H,9-10,14H2,(H2,25,27)(H,26,28). The number of amides is 2. The number of hydrogen-bond acceptors (Lipinski definition) is 4. The molecule has 150 valence electrons. The van der Waals surface area contributed by atoms with E-state index < -0.39 is 11.3 Å². The molecule has 3 N–H and O–H groups in total. The quantitative estimate of drug-likeness (QED) is 0.681. The first-order valence-electron chi connectivity index (χ1n) is 9.77. The van der Waals surface area contributed by atoms with Gasteiger partial charge in [-0.2, -0.15) is 0 Å². The van der Waals surface area contributed by atoms with Crippen molar-refractivity contribution in [3.8, 4) is 22.6 Å². The van der Waals surface area contributed by atoms with Crippen LogP contribution in [0, 0.1) is 0 Å². The van der Waals surface area contributed by atoms with Crippen LogP contribution in [0.15, 0.2) is 66.7 Å². The van der Waals surface area contributed by atoms with Crippen molar-refractivity contribution in [1.29, 1.82) is 0 Å². The minimum atomic E-state index is -0.539. The number of carbonyl (C=O) groups is 2. The van der Waals surface area contributed by atoms with E-state index in [-0.39, 0.29) is 12.7 Å². The molecule has 3 aromatic rings. The normalized spacial score (nSPS) is 15.5. The Balaban J connectivity index is 1.39. The molecule has 0 radical (unpaired) electrons. The Kier molecular flexibility index (Phi) is 4.20. The highest BCUT2D eigenvalue weighted by Crippen LogP contribution is 2.51. The zero-order valence-electron chi connectivity index (χ0n) is 16.2. The van der Waals surface area contributed by atoms with Gasteiger partial charge in [0.1, 0.15) is 0 Å². The van der Waals surface area contributed by atoms with Gasteiger partial charge in [-0.25, -0.2) is 0 Å². The minimum absolute atomic E-state index is 0.0376. The first-order valence-corrected chi connectivity index (χ1v) is 9.77. The van der Waals surface area contributed by atoms with E-state index >= 15 is 0 Å². The minimum Gasteiger partial charge on any atom is -0.454 e. The maximum Gasteiger partial charge on any atom is 0.248 e. The van der Waals surface area contributed by atoms with Gasteiger partial charge in [-0.1, -0.05) is 30.3 Å². The molecule has 1 heterocycles. The number of anilines is 1. The summed E-state index contributed by atoms with van der Waals surface area (Å²) >= 11 is 0. The monoisotopic (exact) mass is 400 g/mol. The molecular weight excluding hydrogens is 380 g/mol. The van der Waals surface area contributed by atoms with E-state index in [0.717, 1.165) is 29.5 Å². The summed E-state index contributed by atoms with van der Waals surface area (Å²) in [6.45, 7) is 0.210. The molecule has 0 spiro atoms. The Labute approximate surface area is 173 Å². The summed E-state index contributed by atoms with van der Waals surface area (Å²) in [5.41, 5.74) is 8.69.